The third-order valence-electron chi connectivity index (χ3n) is 2.65. The van der Waals surface area contributed by atoms with Crippen LogP contribution in [0.3, 0.4) is 0 Å². The van der Waals surface area contributed by atoms with Crippen LogP contribution in [0, 0.1) is 11.7 Å². The van der Waals surface area contributed by atoms with Gasteiger partial charge in [0.25, 0.3) is 0 Å². The first-order valence-electron chi connectivity index (χ1n) is 5.17. The molecular weight excluding hydrogens is 247 g/mol. The van der Waals surface area contributed by atoms with Gasteiger partial charge in [-0.3, -0.25) is 4.79 Å². The van der Waals surface area contributed by atoms with Crippen LogP contribution in [0.4, 0.5) is 10.1 Å². The van der Waals surface area contributed by atoms with Crippen molar-refractivity contribution >= 4 is 23.2 Å². The second-order valence-electron chi connectivity index (χ2n) is 3.92. The first-order valence-corrected chi connectivity index (χ1v) is 5.55. The van der Waals surface area contributed by atoms with Crippen LogP contribution in [-0.4, -0.2) is 25.2 Å². The van der Waals surface area contributed by atoms with E-state index in [2.05, 4.69) is 5.32 Å². The quantitative estimate of drug-likeness (QED) is 0.843. The lowest BCUT2D eigenvalue weighted by molar-refractivity contribution is -0.120. The summed E-state index contributed by atoms with van der Waals surface area (Å²) in [6, 6.07) is 3.72. The molecule has 1 aliphatic heterocycles. The normalized spacial score (nSPS) is 23.7. The van der Waals surface area contributed by atoms with Crippen molar-refractivity contribution in [3.63, 3.8) is 0 Å². The summed E-state index contributed by atoms with van der Waals surface area (Å²) in [6.45, 7) is 0.614. The van der Waals surface area contributed by atoms with Crippen molar-refractivity contribution in [3.05, 3.63) is 29.0 Å². The highest BCUT2D eigenvalue weighted by Crippen LogP contribution is 2.21. The second kappa shape index (κ2) is 5.00. The molecule has 92 valence electrons. The Morgan fingerprint density at radius 2 is 2.29 bits per heavy atom. The molecule has 2 atom stereocenters. The molecule has 2 unspecified atom stereocenters. The van der Waals surface area contributed by atoms with Gasteiger partial charge >= 0.3 is 0 Å². The summed E-state index contributed by atoms with van der Waals surface area (Å²) in [5, 5.41) is 2.76. The summed E-state index contributed by atoms with van der Waals surface area (Å²) >= 11 is 5.61. The van der Waals surface area contributed by atoms with Crippen LogP contribution >= 0.6 is 11.6 Å². The van der Waals surface area contributed by atoms with Crippen molar-refractivity contribution in [2.45, 2.75) is 6.04 Å². The third-order valence-corrected chi connectivity index (χ3v) is 2.89. The number of nitrogens with two attached hydrogens (primary N) is 1. The van der Waals surface area contributed by atoms with E-state index >= 15 is 0 Å². The molecule has 0 aliphatic carbocycles. The molecule has 3 N–H and O–H groups in total. The van der Waals surface area contributed by atoms with E-state index in [-0.39, 0.29) is 29.3 Å². The van der Waals surface area contributed by atoms with E-state index in [1.165, 1.54) is 12.1 Å². The number of rotatable bonds is 2. The van der Waals surface area contributed by atoms with Gasteiger partial charge in [-0.2, -0.15) is 0 Å². The number of benzene rings is 1. The van der Waals surface area contributed by atoms with Crippen LogP contribution in [0.25, 0.3) is 0 Å². The van der Waals surface area contributed by atoms with Crippen molar-refractivity contribution in [2.24, 2.45) is 11.7 Å². The highest BCUT2D eigenvalue weighted by Gasteiger charge is 2.31. The maximum absolute atomic E-state index is 13.4. The number of amides is 1. The van der Waals surface area contributed by atoms with E-state index in [9.17, 15) is 9.18 Å². The molecule has 1 amide bonds. The number of anilines is 1. The Kier molecular flexibility index (Phi) is 3.61. The van der Waals surface area contributed by atoms with Gasteiger partial charge in [0, 0.05) is 11.1 Å². The van der Waals surface area contributed by atoms with Gasteiger partial charge in [-0.15, -0.1) is 0 Å². The summed E-state index contributed by atoms with van der Waals surface area (Å²) in [7, 11) is 0. The molecule has 1 heterocycles. The molecule has 0 bridgehead atoms. The van der Waals surface area contributed by atoms with Gasteiger partial charge in [-0.05, 0) is 18.2 Å². The molecule has 1 saturated heterocycles. The number of ether oxygens (including phenoxy) is 1. The van der Waals surface area contributed by atoms with Gasteiger partial charge in [-0.1, -0.05) is 11.6 Å². The Hall–Kier alpha value is -1.17. The number of hydrogen-bond donors (Lipinski definition) is 2. The summed E-state index contributed by atoms with van der Waals surface area (Å²) in [4.78, 5) is 11.8. The lowest BCUT2D eigenvalue weighted by Crippen LogP contribution is -2.37. The number of hydrogen-bond acceptors (Lipinski definition) is 3. The predicted molar refractivity (Wildman–Crippen MR) is 62.3 cm³/mol. The maximum atomic E-state index is 13.4. The first-order chi connectivity index (χ1) is 8.08. The van der Waals surface area contributed by atoms with Gasteiger partial charge < -0.3 is 15.8 Å². The van der Waals surface area contributed by atoms with E-state index in [1.54, 1.807) is 0 Å². The highest BCUT2D eigenvalue weighted by molar-refractivity contribution is 6.30. The molecule has 6 heteroatoms. The minimum Gasteiger partial charge on any atom is -0.379 e. The van der Waals surface area contributed by atoms with Gasteiger partial charge in [0.2, 0.25) is 5.91 Å². The SMILES string of the molecule is NC1COCC1C(=O)Nc1ccc(Cl)cc1F. The van der Waals surface area contributed by atoms with Crippen molar-refractivity contribution in [2.75, 3.05) is 18.5 Å². The van der Waals surface area contributed by atoms with E-state index in [4.69, 9.17) is 22.1 Å². The van der Waals surface area contributed by atoms with Crippen molar-refractivity contribution < 1.29 is 13.9 Å². The number of carbonyl (C=O) groups is 1. The molecule has 0 aromatic heterocycles. The third kappa shape index (κ3) is 2.74. The van der Waals surface area contributed by atoms with Gasteiger partial charge in [-0.25, -0.2) is 4.39 Å². The first kappa shape index (κ1) is 12.3. The van der Waals surface area contributed by atoms with Crippen LogP contribution in [0.5, 0.6) is 0 Å². The predicted octanol–water partition coefficient (Wildman–Crippen LogP) is 1.39. The largest absolute Gasteiger partial charge is 0.379 e. The maximum Gasteiger partial charge on any atom is 0.231 e. The Balaban J connectivity index is 2.07. The zero-order valence-electron chi connectivity index (χ0n) is 8.95. The number of carbonyl (C=O) groups excluding carboxylic acids is 1. The summed E-state index contributed by atoms with van der Waals surface area (Å²) in [6.07, 6.45) is 0. The van der Waals surface area contributed by atoms with E-state index in [0.717, 1.165) is 6.07 Å². The average Bonchev–Trinajstić information content (AvgIpc) is 2.68. The Morgan fingerprint density at radius 3 is 2.88 bits per heavy atom. The standard InChI is InChI=1S/C11H12ClFN2O2/c12-6-1-2-10(8(13)3-6)15-11(16)7-4-17-5-9(7)14/h1-3,7,9H,4-5,14H2,(H,15,16). The monoisotopic (exact) mass is 258 g/mol. The molecule has 1 fully saturated rings. The summed E-state index contributed by atoms with van der Waals surface area (Å²) in [5.74, 6) is -1.35. The zero-order valence-corrected chi connectivity index (χ0v) is 9.71. The van der Waals surface area contributed by atoms with Crippen LogP contribution < -0.4 is 11.1 Å². The Morgan fingerprint density at radius 1 is 1.53 bits per heavy atom. The van der Waals surface area contributed by atoms with Crippen LogP contribution in [0.1, 0.15) is 0 Å². The Labute approximate surface area is 103 Å². The fourth-order valence-electron chi connectivity index (χ4n) is 1.66. The molecule has 0 radical (unpaired) electrons. The molecule has 0 saturated carbocycles. The van der Waals surface area contributed by atoms with Crippen LogP contribution in [0.15, 0.2) is 18.2 Å². The van der Waals surface area contributed by atoms with Crippen LogP contribution in [0.2, 0.25) is 5.02 Å². The van der Waals surface area contributed by atoms with E-state index < -0.39 is 11.7 Å². The van der Waals surface area contributed by atoms with Gasteiger partial charge in [0.15, 0.2) is 0 Å². The van der Waals surface area contributed by atoms with Crippen molar-refractivity contribution in [1.82, 2.24) is 0 Å². The van der Waals surface area contributed by atoms with E-state index in [0.29, 0.717) is 6.61 Å². The lowest BCUT2D eigenvalue weighted by atomic mass is 10.0. The number of halogens is 2. The summed E-state index contributed by atoms with van der Waals surface area (Å²) < 4.78 is 18.5. The summed E-state index contributed by atoms with van der Waals surface area (Å²) in [5.41, 5.74) is 5.79. The number of nitrogens with one attached hydrogen (secondary N) is 1. The fraction of sp³-hybridized carbons (Fsp3) is 0.364. The topological polar surface area (TPSA) is 64.3 Å². The Bertz CT molecular complexity index is 441. The molecule has 4 nitrogen and oxygen atoms in total. The fourth-order valence-corrected chi connectivity index (χ4v) is 1.82. The minimum absolute atomic E-state index is 0.0958. The molecule has 1 aromatic rings. The lowest BCUT2D eigenvalue weighted by Gasteiger charge is -2.13. The zero-order chi connectivity index (χ0) is 12.4. The van der Waals surface area contributed by atoms with Crippen LogP contribution in [-0.2, 0) is 9.53 Å². The molecule has 2 rings (SSSR count). The molecule has 17 heavy (non-hydrogen) atoms. The van der Waals surface area contributed by atoms with Crippen molar-refractivity contribution in [3.8, 4) is 0 Å². The molecule has 0 spiro atoms. The van der Waals surface area contributed by atoms with Crippen molar-refractivity contribution in [1.29, 1.82) is 0 Å². The average molecular weight is 259 g/mol. The minimum atomic E-state index is -0.571. The molecule has 1 aromatic carbocycles. The second-order valence-corrected chi connectivity index (χ2v) is 4.36. The van der Waals surface area contributed by atoms with Gasteiger partial charge in [0.05, 0.1) is 24.8 Å². The smallest absolute Gasteiger partial charge is 0.231 e. The molecular formula is C11H12ClFN2O2. The highest BCUT2D eigenvalue weighted by atomic mass is 35.5. The molecule has 1 aliphatic rings. The van der Waals surface area contributed by atoms with Gasteiger partial charge in [0.1, 0.15) is 5.82 Å². The van der Waals surface area contributed by atoms with E-state index in [1.807, 2.05) is 0 Å².